The fourth-order valence-corrected chi connectivity index (χ4v) is 2.29. The third kappa shape index (κ3) is 3.57. The second kappa shape index (κ2) is 6.90. The highest BCUT2D eigenvalue weighted by molar-refractivity contribution is 5.73. The van der Waals surface area contributed by atoms with Gasteiger partial charge in [0.15, 0.2) is 5.65 Å². The molecule has 0 aliphatic rings. The Balaban J connectivity index is 1.51. The van der Waals surface area contributed by atoms with E-state index in [4.69, 9.17) is 0 Å². The van der Waals surface area contributed by atoms with Gasteiger partial charge in [-0.15, -0.1) is 0 Å². The number of halogens is 1. The maximum absolute atomic E-state index is 13.0. The number of urea groups is 1. The van der Waals surface area contributed by atoms with Crippen molar-refractivity contribution < 1.29 is 9.18 Å². The fourth-order valence-electron chi connectivity index (χ4n) is 2.29. The van der Waals surface area contributed by atoms with E-state index in [0.29, 0.717) is 16.7 Å². The van der Waals surface area contributed by atoms with Crippen LogP contribution in [0.2, 0.25) is 0 Å². The van der Waals surface area contributed by atoms with E-state index in [1.807, 2.05) is 0 Å². The first kappa shape index (κ1) is 15.7. The minimum Gasteiger partial charge on any atom is -0.336 e. The quantitative estimate of drug-likeness (QED) is 0.642. The maximum atomic E-state index is 13.0. The molecule has 2 amide bonds. The molecule has 2 heterocycles. The third-order valence-electron chi connectivity index (χ3n) is 3.40. The Morgan fingerprint density at radius 3 is 3.04 bits per heavy atom. The molecule has 8 nitrogen and oxygen atoms in total. The van der Waals surface area contributed by atoms with Crippen molar-refractivity contribution in [2.24, 2.45) is 0 Å². The third-order valence-corrected chi connectivity index (χ3v) is 3.40. The summed E-state index contributed by atoms with van der Waals surface area (Å²) in [6.07, 6.45) is 2.87. The predicted molar refractivity (Wildman–Crippen MR) is 84.8 cm³/mol. The first-order chi connectivity index (χ1) is 11.6. The average molecular weight is 330 g/mol. The summed E-state index contributed by atoms with van der Waals surface area (Å²) >= 11 is 0. The van der Waals surface area contributed by atoms with Gasteiger partial charge in [0.2, 0.25) is 0 Å². The molecule has 0 bridgehead atoms. The number of hydrogen-bond acceptors (Lipinski definition) is 4. The van der Waals surface area contributed by atoms with Gasteiger partial charge in [-0.3, -0.25) is 4.57 Å². The van der Waals surface area contributed by atoms with Crippen LogP contribution in [0.5, 0.6) is 0 Å². The van der Waals surface area contributed by atoms with Gasteiger partial charge < -0.3 is 15.6 Å². The minimum absolute atomic E-state index is 0.212. The second-order valence-electron chi connectivity index (χ2n) is 5.08. The van der Waals surface area contributed by atoms with Crippen molar-refractivity contribution in [2.75, 3.05) is 6.54 Å². The lowest BCUT2D eigenvalue weighted by molar-refractivity contribution is 0.240. The van der Waals surface area contributed by atoms with Gasteiger partial charge in [0.25, 0.3) is 0 Å². The number of nitrogens with one attached hydrogen (secondary N) is 3. The van der Waals surface area contributed by atoms with Crippen molar-refractivity contribution in [3.05, 3.63) is 58.7 Å². The number of amides is 2. The average Bonchev–Trinajstić information content (AvgIpc) is 2.89. The molecule has 3 rings (SSSR count). The summed E-state index contributed by atoms with van der Waals surface area (Å²) in [6.45, 7) is 0.721. The molecule has 3 aromatic rings. The van der Waals surface area contributed by atoms with Crippen LogP contribution in [0.15, 0.2) is 41.6 Å². The highest BCUT2D eigenvalue weighted by atomic mass is 19.1. The Morgan fingerprint density at radius 1 is 1.33 bits per heavy atom. The van der Waals surface area contributed by atoms with Crippen LogP contribution in [0.3, 0.4) is 0 Å². The molecule has 0 saturated carbocycles. The molecule has 1 aromatic carbocycles. The van der Waals surface area contributed by atoms with Crippen LogP contribution >= 0.6 is 0 Å². The van der Waals surface area contributed by atoms with Gasteiger partial charge >= 0.3 is 11.7 Å². The number of fused-ring (bicyclic) bond motifs is 1. The number of imidazole rings is 1. The number of hydrogen-bond donors (Lipinski definition) is 3. The largest absolute Gasteiger partial charge is 0.336 e. The number of benzene rings is 1. The van der Waals surface area contributed by atoms with E-state index in [-0.39, 0.29) is 31.1 Å². The molecule has 0 fully saturated rings. The molecule has 0 unspecified atom stereocenters. The number of H-pyrrole nitrogens is 1. The van der Waals surface area contributed by atoms with E-state index in [0.717, 1.165) is 0 Å². The molecule has 0 atom stereocenters. The zero-order chi connectivity index (χ0) is 16.9. The van der Waals surface area contributed by atoms with Gasteiger partial charge in [0.1, 0.15) is 17.7 Å². The molecule has 24 heavy (non-hydrogen) atoms. The van der Waals surface area contributed by atoms with Gasteiger partial charge in [-0.1, -0.05) is 12.1 Å². The standard InChI is InChI=1S/C15H15FN6O2/c16-11-3-1-2-10(6-11)7-19-14(23)18-4-5-22-13-12(21-15(22)24)8-17-9-20-13/h1-3,6,8-9H,4-5,7H2,(H,21,24)(H2,18,19,23). The number of nitrogens with zero attached hydrogens (tertiary/aromatic N) is 3. The summed E-state index contributed by atoms with van der Waals surface area (Å²) < 4.78 is 14.5. The topological polar surface area (TPSA) is 105 Å². The number of carbonyl (C=O) groups is 1. The Kier molecular flexibility index (Phi) is 4.50. The van der Waals surface area contributed by atoms with Crippen LogP contribution in [0, 0.1) is 5.82 Å². The van der Waals surface area contributed by atoms with E-state index in [2.05, 4.69) is 25.6 Å². The summed E-state index contributed by atoms with van der Waals surface area (Å²) in [5.41, 5.74) is 1.37. The van der Waals surface area contributed by atoms with Crippen LogP contribution in [-0.4, -0.2) is 32.1 Å². The monoisotopic (exact) mass is 330 g/mol. The van der Waals surface area contributed by atoms with E-state index >= 15 is 0 Å². The molecule has 2 aromatic heterocycles. The summed E-state index contributed by atoms with van der Waals surface area (Å²) in [4.78, 5) is 34.1. The van der Waals surface area contributed by atoms with Crippen molar-refractivity contribution in [3.63, 3.8) is 0 Å². The van der Waals surface area contributed by atoms with Gasteiger partial charge in [0.05, 0.1) is 6.20 Å². The number of aromatic nitrogens is 4. The number of rotatable bonds is 5. The Labute approximate surface area is 135 Å². The molecule has 0 aliphatic heterocycles. The molecule has 0 spiro atoms. The Hall–Kier alpha value is -3.23. The van der Waals surface area contributed by atoms with Crippen molar-refractivity contribution in [1.82, 2.24) is 30.2 Å². The van der Waals surface area contributed by atoms with Gasteiger partial charge in [0, 0.05) is 19.6 Å². The summed E-state index contributed by atoms with van der Waals surface area (Å²) in [7, 11) is 0. The SMILES string of the molecule is O=C(NCCn1c(=O)[nH]c2cncnc21)NCc1cccc(F)c1. The van der Waals surface area contributed by atoms with Gasteiger partial charge in [-0.2, -0.15) is 0 Å². The van der Waals surface area contributed by atoms with Crippen LogP contribution < -0.4 is 16.3 Å². The normalized spacial score (nSPS) is 10.7. The van der Waals surface area contributed by atoms with Crippen molar-refractivity contribution in [3.8, 4) is 0 Å². The van der Waals surface area contributed by atoms with Gasteiger partial charge in [-0.05, 0) is 17.7 Å². The molecule has 124 valence electrons. The first-order valence-corrected chi connectivity index (χ1v) is 7.28. The Bertz CT molecular complexity index is 919. The molecule has 0 radical (unpaired) electrons. The molecule has 0 saturated heterocycles. The van der Waals surface area contributed by atoms with Crippen LogP contribution in [0.25, 0.3) is 11.2 Å². The van der Waals surface area contributed by atoms with E-state index in [1.54, 1.807) is 12.1 Å². The van der Waals surface area contributed by atoms with E-state index < -0.39 is 6.03 Å². The molecule has 0 aliphatic carbocycles. The fraction of sp³-hybridized carbons (Fsp3) is 0.200. The zero-order valence-corrected chi connectivity index (χ0v) is 12.6. The lowest BCUT2D eigenvalue weighted by Gasteiger charge is -2.08. The lowest BCUT2D eigenvalue weighted by Crippen LogP contribution is -2.37. The second-order valence-corrected chi connectivity index (χ2v) is 5.08. The summed E-state index contributed by atoms with van der Waals surface area (Å²) in [6, 6.07) is 5.59. The van der Waals surface area contributed by atoms with Crippen molar-refractivity contribution >= 4 is 17.2 Å². The van der Waals surface area contributed by atoms with Crippen LogP contribution in [-0.2, 0) is 13.1 Å². The molecular weight excluding hydrogens is 315 g/mol. The van der Waals surface area contributed by atoms with Crippen LogP contribution in [0.4, 0.5) is 9.18 Å². The van der Waals surface area contributed by atoms with Crippen molar-refractivity contribution in [2.45, 2.75) is 13.1 Å². The predicted octanol–water partition coefficient (Wildman–Crippen LogP) is 0.758. The first-order valence-electron chi connectivity index (χ1n) is 7.28. The van der Waals surface area contributed by atoms with Crippen molar-refractivity contribution in [1.29, 1.82) is 0 Å². The van der Waals surface area contributed by atoms with Crippen LogP contribution in [0.1, 0.15) is 5.56 Å². The molecular formula is C15H15FN6O2. The maximum Gasteiger partial charge on any atom is 0.327 e. The highest BCUT2D eigenvalue weighted by Gasteiger charge is 2.08. The smallest absolute Gasteiger partial charge is 0.327 e. The number of aromatic amines is 1. The summed E-state index contributed by atoms with van der Waals surface area (Å²) in [5, 5.41) is 5.26. The van der Waals surface area contributed by atoms with E-state index in [1.165, 1.54) is 29.2 Å². The molecule has 3 N–H and O–H groups in total. The summed E-state index contributed by atoms with van der Waals surface area (Å²) in [5.74, 6) is -0.351. The highest BCUT2D eigenvalue weighted by Crippen LogP contribution is 2.03. The Morgan fingerprint density at radius 2 is 2.21 bits per heavy atom. The van der Waals surface area contributed by atoms with Gasteiger partial charge in [-0.25, -0.2) is 23.9 Å². The van der Waals surface area contributed by atoms with E-state index in [9.17, 15) is 14.0 Å². The minimum atomic E-state index is -0.401. The lowest BCUT2D eigenvalue weighted by atomic mass is 10.2. The number of carbonyl (C=O) groups excluding carboxylic acids is 1. The molecule has 9 heteroatoms. The zero-order valence-electron chi connectivity index (χ0n) is 12.6.